The number of carbonyl (C=O) groups is 1. The zero-order valence-corrected chi connectivity index (χ0v) is 10.4. The largest absolute Gasteiger partial charge is 0.350 e. The quantitative estimate of drug-likeness (QED) is 0.856. The summed E-state index contributed by atoms with van der Waals surface area (Å²) in [6.45, 7) is 0.438. The number of hydrogen-bond donors (Lipinski definition) is 1. The molecule has 18 heavy (non-hydrogen) atoms. The molecule has 2 aromatic heterocycles. The van der Waals surface area contributed by atoms with Crippen LogP contribution in [0.3, 0.4) is 0 Å². The highest BCUT2D eigenvalue weighted by Gasteiger charge is 2.07. The summed E-state index contributed by atoms with van der Waals surface area (Å²) in [7, 11) is 1.79. The molecule has 0 aliphatic carbocycles. The van der Waals surface area contributed by atoms with E-state index in [1.165, 1.54) is 12.1 Å². The maximum Gasteiger partial charge on any atom is 0.271 e. The molecule has 7 nitrogen and oxygen atoms in total. The van der Waals surface area contributed by atoms with Crippen LogP contribution >= 0.6 is 11.6 Å². The van der Waals surface area contributed by atoms with E-state index in [1.54, 1.807) is 18.1 Å². The molecule has 2 rings (SSSR count). The van der Waals surface area contributed by atoms with Crippen LogP contribution in [-0.4, -0.2) is 37.4 Å². The van der Waals surface area contributed by atoms with Crippen molar-refractivity contribution in [3.63, 3.8) is 0 Å². The number of halogens is 1. The molecule has 2 aromatic rings. The summed E-state index contributed by atoms with van der Waals surface area (Å²) >= 11 is 5.58. The van der Waals surface area contributed by atoms with Gasteiger partial charge in [-0.2, -0.15) is 5.10 Å². The monoisotopic (exact) mass is 266 g/mol. The van der Waals surface area contributed by atoms with Gasteiger partial charge in [-0.1, -0.05) is 11.6 Å². The highest BCUT2D eigenvalue weighted by atomic mass is 35.5. The average molecular weight is 267 g/mol. The van der Waals surface area contributed by atoms with Crippen LogP contribution in [0.15, 0.2) is 18.5 Å². The average Bonchev–Trinajstić information content (AvgIpc) is 2.76. The van der Waals surface area contributed by atoms with E-state index in [9.17, 15) is 4.79 Å². The Morgan fingerprint density at radius 3 is 2.89 bits per heavy atom. The van der Waals surface area contributed by atoms with Crippen LogP contribution in [0.25, 0.3) is 0 Å². The number of nitrogens with one attached hydrogen (secondary N) is 1. The second kappa shape index (κ2) is 5.54. The van der Waals surface area contributed by atoms with Crippen LogP contribution in [0.5, 0.6) is 0 Å². The summed E-state index contributed by atoms with van der Waals surface area (Å²) < 4.78 is 1.61. The lowest BCUT2D eigenvalue weighted by atomic mass is 10.3. The van der Waals surface area contributed by atoms with E-state index >= 15 is 0 Å². The third kappa shape index (κ3) is 3.24. The zero-order chi connectivity index (χ0) is 13.0. The van der Waals surface area contributed by atoms with Crippen molar-refractivity contribution in [3.05, 3.63) is 35.1 Å². The molecule has 1 amide bonds. The van der Waals surface area contributed by atoms with E-state index in [-0.39, 0.29) is 16.8 Å². The Morgan fingerprint density at radius 2 is 2.28 bits per heavy atom. The van der Waals surface area contributed by atoms with Gasteiger partial charge in [0.1, 0.15) is 6.33 Å². The topological polar surface area (TPSA) is 85.6 Å². The highest BCUT2D eigenvalue weighted by Crippen LogP contribution is 2.01. The molecule has 0 atom stereocenters. The first kappa shape index (κ1) is 12.4. The predicted octanol–water partition coefficient (Wildman–Crippen LogP) is 0.231. The van der Waals surface area contributed by atoms with Crippen LogP contribution in [0.2, 0.25) is 5.15 Å². The molecule has 8 heteroatoms. The molecule has 0 saturated heterocycles. The molecular formula is C10H11ClN6O. The lowest BCUT2D eigenvalue weighted by Crippen LogP contribution is -2.27. The third-order valence-electron chi connectivity index (χ3n) is 2.15. The molecule has 0 aromatic carbocycles. The Kier molecular flexibility index (Phi) is 3.83. The number of hydrogen-bond acceptors (Lipinski definition) is 5. The SMILES string of the molecule is Cn1cnc(CCNC(=O)c2ccc(Cl)nn2)n1. The number of aryl methyl sites for hydroxylation is 1. The van der Waals surface area contributed by atoms with E-state index in [0.717, 1.165) is 0 Å². The lowest BCUT2D eigenvalue weighted by molar-refractivity contribution is 0.0948. The standard InChI is InChI=1S/C10H11ClN6O/c1-17-6-13-9(16-17)4-5-12-10(18)7-2-3-8(11)15-14-7/h2-3,6H,4-5H2,1H3,(H,12,18). The van der Waals surface area contributed by atoms with E-state index in [0.29, 0.717) is 18.8 Å². The minimum atomic E-state index is -0.296. The van der Waals surface area contributed by atoms with Crippen molar-refractivity contribution in [2.24, 2.45) is 7.05 Å². The van der Waals surface area contributed by atoms with Crippen molar-refractivity contribution in [1.82, 2.24) is 30.3 Å². The fraction of sp³-hybridized carbons (Fsp3) is 0.300. The van der Waals surface area contributed by atoms with Crippen LogP contribution in [0, 0.1) is 0 Å². The van der Waals surface area contributed by atoms with Crippen molar-refractivity contribution < 1.29 is 4.79 Å². The van der Waals surface area contributed by atoms with E-state index in [2.05, 4.69) is 25.6 Å². The zero-order valence-electron chi connectivity index (χ0n) is 9.67. The molecule has 0 saturated carbocycles. The summed E-state index contributed by atoms with van der Waals surface area (Å²) in [5.74, 6) is 0.384. The first-order valence-electron chi connectivity index (χ1n) is 5.27. The van der Waals surface area contributed by atoms with E-state index in [1.807, 2.05) is 0 Å². The maximum absolute atomic E-state index is 11.6. The smallest absolute Gasteiger partial charge is 0.271 e. The van der Waals surface area contributed by atoms with Crippen LogP contribution in [-0.2, 0) is 13.5 Å². The number of nitrogens with zero attached hydrogens (tertiary/aromatic N) is 5. The first-order valence-corrected chi connectivity index (χ1v) is 5.65. The van der Waals surface area contributed by atoms with Crippen molar-refractivity contribution >= 4 is 17.5 Å². The summed E-state index contributed by atoms with van der Waals surface area (Å²) in [4.78, 5) is 15.7. The Labute approximate surface area is 108 Å². The Morgan fingerprint density at radius 1 is 1.44 bits per heavy atom. The van der Waals surface area contributed by atoms with Gasteiger partial charge in [-0.25, -0.2) is 4.98 Å². The fourth-order valence-electron chi connectivity index (χ4n) is 1.31. The van der Waals surface area contributed by atoms with Crippen molar-refractivity contribution in [1.29, 1.82) is 0 Å². The molecule has 0 spiro atoms. The van der Waals surface area contributed by atoms with E-state index < -0.39 is 0 Å². The Hall–Kier alpha value is -2.02. The van der Waals surface area contributed by atoms with Gasteiger partial charge in [-0.15, -0.1) is 10.2 Å². The molecule has 0 radical (unpaired) electrons. The Bertz CT molecular complexity index is 538. The molecule has 94 valence electrons. The van der Waals surface area contributed by atoms with Gasteiger partial charge in [-0.05, 0) is 12.1 Å². The third-order valence-corrected chi connectivity index (χ3v) is 2.35. The van der Waals surface area contributed by atoms with Crippen LogP contribution in [0.4, 0.5) is 0 Å². The van der Waals surface area contributed by atoms with Gasteiger partial charge >= 0.3 is 0 Å². The van der Waals surface area contributed by atoms with Gasteiger partial charge in [0.2, 0.25) is 0 Å². The number of rotatable bonds is 4. The number of amides is 1. The van der Waals surface area contributed by atoms with Gasteiger partial charge in [-0.3, -0.25) is 9.48 Å². The number of carbonyl (C=O) groups excluding carboxylic acids is 1. The molecule has 0 fully saturated rings. The van der Waals surface area contributed by atoms with Crippen molar-refractivity contribution in [2.75, 3.05) is 6.54 Å². The van der Waals surface area contributed by atoms with Gasteiger partial charge in [0.25, 0.3) is 5.91 Å². The van der Waals surface area contributed by atoms with Gasteiger partial charge < -0.3 is 5.32 Å². The normalized spacial score (nSPS) is 10.3. The number of aromatic nitrogens is 5. The van der Waals surface area contributed by atoms with Gasteiger partial charge in [0, 0.05) is 20.0 Å². The van der Waals surface area contributed by atoms with Crippen LogP contribution < -0.4 is 5.32 Å². The van der Waals surface area contributed by atoms with Crippen LogP contribution in [0.1, 0.15) is 16.3 Å². The first-order chi connectivity index (χ1) is 8.65. The van der Waals surface area contributed by atoms with Gasteiger partial charge in [0.15, 0.2) is 16.7 Å². The molecular weight excluding hydrogens is 256 g/mol. The summed E-state index contributed by atoms with van der Waals surface area (Å²) in [6.07, 6.45) is 2.18. The molecule has 0 aliphatic heterocycles. The Balaban J connectivity index is 1.83. The molecule has 2 heterocycles. The predicted molar refractivity (Wildman–Crippen MR) is 64.1 cm³/mol. The molecule has 0 unspecified atom stereocenters. The highest BCUT2D eigenvalue weighted by molar-refractivity contribution is 6.29. The summed E-state index contributed by atoms with van der Waals surface area (Å²) in [5, 5.41) is 14.3. The van der Waals surface area contributed by atoms with Gasteiger partial charge in [0.05, 0.1) is 0 Å². The summed E-state index contributed by atoms with van der Waals surface area (Å²) in [6, 6.07) is 3.04. The maximum atomic E-state index is 11.6. The minimum absolute atomic E-state index is 0.230. The second-order valence-electron chi connectivity index (χ2n) is 3.58. The fourth-order valence-corrected chi connectivity index (χ4v) is 1.41. The van der Waals surface area contributed by atoms with E-state index in [4.69, 9.17) is 11.6 Å². The van der Waals surface area contributed by atoms with Crippen molar-refractivity contribution in [2.45, 2.75) is 6.42 Å². The second-order valence-corrected chi connectivity index (χ2v) is 3.97. The molecule has 0 bridgehead atoms. The molecule has 1 N–H and O–H groups in total. The minimum Gasteiger partial charge on any atom is -0.350 e. The molecule has 0 aliphatic rings. The summed E-state index contributed by atoms with van der Waals surface area (Å²) in [5.41, 5.74) is 0.230. The lowest BCUT2D eigenvalue weighted by Gasteiger charge is -2.02. The van der Waals surface area contributed by atoms with Crippen molar-refractivity contribution in [3.8, 4) is 0 Å².